The van der Waals surface area contributed by atoms with E-state index in [1.165, 1.54) is 0 Å². The van der Waals surface area contributed by atoms with E-state index in [0.29, 0.717) is 22.6 Å². The third-order valence-electron chi connectivity index (χ3n) is 10.2. The van der Waals surface area contributed by atoms with Crippen molar-refractivity contribution in [1.29, 1.82) is 0 Å². The molecule has 2 aromatic heterocycles. The highest BCUT2D eigenvalue weighted by atomic mass is 16.3. The molecule has 0 aliphatic rings. The van der Waals surface area contributed by atoms with Gasteiger partial charge in [0.1, 0.15) is 11.6 Å². The first-order valence-electron chi connectivity index (χ1n) is 19.9. The molecule has 0 radical (unpaired) electrons. The summed E-state index contributed by atoms with van der Waals surface area (Å²) in [4.78, 5) is 10.2. The third-order valence-corrected chi connectivity index (χ3v) is 10.2. The Labute approximate surface area is 325 Å². The Morgan fingerprint density at radius 3 is 1.84 bits per heavy atom. The molecule has 0 unspecified atom stereocenters. The minimum absolute atomic E-state index is 0.122. The zero-order chi connectivity index (χ0) is 40.0. The van der Waals surface area contributed by atoms with E-state index in [4.69, 9.17) is 14.1 Å². The number of benzene rings is 7. The predicted molar refractivity (Wildman–Crippen MR) is 227 cm³/mol. The Morgan fingerprint density at radius 2 is 1.15 bits per heavy atom. The topological polar surface area (TPSA) is 50.9 Å². The van der Waals surface area contributed by atoms with Gasteiger partial charge in [-0.05, 0) is 131 Å². The van der Waals surface area contributed by atoms with E-state index in [-0.39, 0.29) is 11.3 Å². The molecule has 0 fully saturated rings. The zero-order valence-electron chi connectivity index (χ0n) is 33.5. The second-order valence-corrected chi connectivity index (χ2v) is 14.0. The van der Waals surface area contributed by atoms with E-state index in [2.05, 4.69) is 54.6 Å². The van der Waals surface area contributed by atoms with Gasteiger partial charge >= 0.3 is 0 Å². The van der Waals surface area contributed by atoms with Crippen LogP contribution in [-0.4, -0.2) is 19.6 Å². The van der Waals surface area contributed by atoms with Gasteiger partial charge in [-0.2, -0.15) is 0 Å². The van der Waals surface area contributed by atoms with Crippen molar-refractivity contribution in [2.45, 2.75) is 20.7 Å². The van der Waals surface area contributed by atoms with Gasteiger partial charge in [0.25, 0.3) is 0 Å². The van der Waals surface area contributed by atoms with E-state index < -0.39 is 6.85 Å². The lowest BCUT2D eigenvalue weighted by Gasteiger charge is -2.15. The fourth-order valence-electron chi connectivity index (χ4n) is 7.57. The van der Waals surface area contributed by atoms with Crippen molar-refractivity contribution < 1.29 is 9.22 Å². The molecular weight excluding hydrogens is 671 g/mol. The summed E-state index contributed by atoms with van der Waals surface area (Å²) in [5.74, 6) is 0.627. The first-order valence-corrected chi connectivity index (χ1v) is 18.4. The number of para-hydroxylation sites is 1. The van der Waals surface area contributed by atoms with Crippen LogP contribution in [0.25, 0.3) is 83.9 Å². The van der Waals surface area contributed by atoms with Gasteiger partial charge in [0.2, 0.25) is 0 Å². The zero-order valence-corrected chi connectivity index (χ0v) is 30.5. The molecule has 0 saturated carbocycles. The van der Waals surface area contributed by atoms with Crippen LogP contribution in [0.4, 0.5) is 0 Å². The molecule has 0 saturated heterocycles. The lowest BCUT2D eigenvalue weighted by atomic mass is 9.93. The van der Waals surface area contributed by atoms with Gasteiger partial charge in [-0.3, -0.25) is 9.55 Å². The minimum Gasteiger partial charge on any atom is -0.507 e. The number of phenolic OH excluding ortho intramolecular Hbond substituents is 1. The second kappa shape index (κ2) is 14.1. The van der Waals surface area contributed by atoms with Crippen LogP contribution < -0.4 is 0 Å². The van der Waals surface area contributed by atoms with Crippen molar-refractivity contribution in [3.63, 3.8) is 0 Å². The van der Waals surface area contributed by atoms with Gasteiger partial charge in [0.15, 0.2) is 0 Å². The quantitative estimate of drug-likeness (QED) is 0.179. The number of aryl methyl sites for hydroxylation is 3. The van der Waals surface area contributed by atoms with Crippen molar-refractivity contribution in [2.24, 2.45) is 0 Å². The molecule has 9 aromatic rings. The van der Waals surface area contributed by atoms with E-state index >= 15 is 0 Å². The summed E-state index contributed by atoms with van der Waals surface area (Å²) in [5.41, 5.74) is 14.1. The number of aromatic nitrogens is 3. The fourth-order valence-corrected chi connectivity index (χ4v) is 7.57. The second-order valence-electron chi connectivity index (χ2n) is 14.0. The number of rotatable bonds is 7. The van der Waals surface area contributed by atoms with Gasteiger partial charge in [0.05, 0.1) is 22.3 Å². The maximum atomic E-state index is 11.7. The molecule has 0 spiro atoms. The summed E-state index contributed by atoms with van der Waals surface area (Å²) < 4.78 is 27.4. The Bertz CT molecular complexity index is 2960. The molecule has 0 atom stereocenters. The fraction of sp³-hybridized carbons (Fsp3) is 0.0588. The van der Waals surface area contributed by atoms with Crippen LogP contribution in [0.2, 0.25) is 0 Å². The SMILES string of the molecule is [2H]C([2H])([2H])c1cc(-c2ccccc2)cc(-n2c(-c3cc(C)cc(C)c3O)nc3c(-c4cc(-c5ccccc5)cc(-c5cc(-c6ccccc6)ccn5)c4)cccc32)c1. The van der Waals surface area contributed by atoms with Gasteiger partial charge in [-0.25, -0.2) is 4.98 Å². The summed E-state index contributed by atoms with van der Waals surface area (Å²) in [5, 5.41) is 11.7. The first-order chi connectivity index (χ1) is 28.1. The number of aromatic hydroxyl groups is 1. The lowest BCUT2D eigenvalue weighted by molar-refractivity contribution is 0.472. The molecule has 0 bridgehead atoms. The van der Waals surface area contributed by atoms with Crippen LogP contribution in [-0.2, 0) is 0 Å². The van der Waals surface area contributed by atoms with Gasteiger partial charge < -0.3 is 5.11 Å². The summed E-state index contributed by atoms with van der Waals surface area (Å²) in [6.07, 6.45) is 1.86. The van der Waals surface area contributed by atoms with Crippen molar-refractivity contribution in [1.82, 2.24) is 14.5 Å². The van der Waals surface area contributed by atoms with Gasteiger partial charge in [-0.1, -0.05) is 115 Å². The Kier molecular flexibility index (Phi) is 7.78. The third kappa shape index (κ3) is 6.49. The van der Waals surface area contributed by atoms with Crippen LogP contribution in [0.3, 0.4) is 0 Å². The van der Waals surface area contributed by atoms with Crippen molar-refractivity contribution in [3.05, 3.63) is 193 Å². The smallest absolute Gasteiger partial charge is 0.149 e. The number of fused-ring (bicyclic) bond motifs is 1. The normalized spacial score (nSPS) is 12.3. The number of pyridine rings is 1. The van der Waals surface area contributed by atoms with Gasteiger partial charge in [0, 0.05) is 27.1 Å². The summed E-state index contributed by atoms with van der Waals surface area (Å²) in [6, 6.07) is 56.5. The number of phenols is 1. The molecule has 7 aromatic carbocycles. The monoisotopic (exact) mass is 712 g/mol. The summed E-state index contributed by atoms with van der Waals surface area (Å²) in [6.45, 7) is 1.50. The highest BCUT2D eigenvalue weighted by Crippen LogP contribution is 2.41. The predicted octanol–water partition coefficient (Wildman–Crippen LogP) is 13.1. The first kappa shape index (κ1) is 30.4. The molecule has 4 nitrogen and oxygen atoms in total. The molecule has 2 heterocycles. The van der Waals surface area contributed by atoms with E-state index in [0.717, 1.165) is 72.4 Å². The van der Waals surface area contributed by atoms with Crippen LogP contribution in [0.1, 0.15) is 20.8 Å². The van der Waals surface area contributed by atoms with E-state index in [1.807, 2.05) is 128 Å². The number of hydrogen-bond donors (Lipinski definition) is 1. The molecule has 55 heavy (non-hydrogen) atoms. The Morgan fingerprint density at radius 1 is 0.509 bits per heavy atom. The molecule has 0 aliphatic carbocycles. The summed E-state index contributed by atoms with van der Waals surface area (Å²) >= 11 is 0. The highest BCUT2D eigenvalue weighted by Gasteiger charge is 2.22. The van der Waals surface area contributed by atoms with Crippen LogP contribution in [0.5, 0.6) is 5.75 Å². The van der Waals surface area contributed by atoms with Crippen LogP contribution >= 0.6 is 0 Å². The average molecular weight is 713 g/mol. The lowest BCUT2D eigenvalue weighted by Crippen LogP contribution is -2.00. The van der Waals surface area contributed by atoms with Crippen molar-refractivity contribution >= 4 is 11.0 Å². The Balaban J connectivity index is 1.32. The minimum atomic E-state index is -2.37. The van der Waals surface area contributed by atoms with Crippen LogP contribution in [0, 0.1) is 20.7 Å². The maximum Gasteiger partial charge on any atom is 0.149 e. The number of hydrogen-bond acceptors (Lipinski definition) is 3. The number of imidazole rings is 1. The van der Waals surface area contributed by atoms with E-state index in [9.17, 15) is 5.11 Å². The van der Waals surface area contributed by atoms with Crippen molar-refractivity contribution in [3.8, 4) is 78.6 Å². The molecule has 0 aliphatic heterocycles. The maximum absolute atomic E-state index is 11.7. The average Bonchev–Trinajstić information content (AvgIpc) is 3.65. The highest BCUT2D eigenvalue weighted by molar-refractivity contribution is 5.98. The molecule has 9 rings (SSSR count). The van der Waals surface area contributed by atoms with Gasteiger partial charge in [-0.15, -0.1) is 0 Å². The molecule has 4 heteroatoms. The van der Waals surface area contributed by atoms with Crippen molar-refractivity contribution in [2.75, 3.05) is 0 Å². The molecule has 264 valence electrons. The van der Waals surface area contributed by atoms with E-state index in [1.54, 1.807) is 12.1 Å². The molecule has 1 N–H and O–H groups in total. The standard InChI is InChI=1S/C51H39N3O/c1-33-24-35(3)50(55)46(27-33)51-53-49-45(20-13-21-48(49)54(51)44-26-34(2)25-40(31-44)37-16-9-5-10-17-37)42-28-41(38-18-11-6-12-19-38)29-43(30-42)47-32-39(22-23-52-47)36-14-7-4-8-15-36/h4-32,55H,1-3H3/i2D3. The molecule has 0 amide bonds. The number of nitrogens with zero attached hydrogens (tertiary/aromatic N) is 3. The van der Waals surface area contributed by atoms with Crippen LogP contribution in [0.15, 0.2) is 176 Å². The largest absolute Gasteiger partial charge is 0.507 e. The summed E-state index contributed by atoms with van der Waals surface area (Å²) in [7, 11) is 0. The Hall–Kier alpha value is -7.04. The molecular formula is C51H39N3O.